The summed E-state index contributed by atoms with van der Waals surface area (Å²) in [6.45, 7) is 6.15. The molecule has 0 spiro atoms. The maximum absolute atomic E-state index is 14.5. The molecule has 0 heterocycles. The van der Waals surface area contributed by atoms with Crippen LogP contribution in [-0.4, -0.2) is 35.4 Å². The molecule has 1 N–H and O–H groups in total. The number of hydrogen-bond acceptors (Lipinski definition) is 3. The Balaban J connectivity index is 1.76. The summed E-state index contributed by atoms with van der Waals surface area (Å²) in [5.41, 5.74) is 3.56. The molecule has 0 aliphatic carbocycles. The van der Waals surface area contributed by atoms with E-state index >= 15 is 0 Å². The molecule has 5 nitrogen and oxygen atoms in total. The van der Waals surface area contributed by atoms with Gasteiger partial charge in [0.2, 0.25) is 11.8 Å². The van der Waals surface area contributed by atoms with Crippen LogP contribution >= 0.6 is 0 Å². The van der Waals surface area contributed by atoms with Crippen LogP contribution in [0, 0.1) is 0 Å². The molecule has 4 aromatic carbocycles. The van der Waals surface area contributed by atoms with E-state index in [0.29, 0.717) is 12.2 Å². The zero-order valence-electron chi connectivity index (χ0n) is 24.4. The highest BCUT2D eigenvalue weighted by atomic mass is 16.5. The average Bonchev–Trinajstić information content (AvgIpc) is 2.98. The van der Waals surface area contributed by atoms with Crippen LogP contribution in [0.2, 0.25) is 0 Å². The van der Waals surface area contributed by atoms with Crippen LogP contribution in [0.5, 0.6) is 5.75 Å². The van der Waals surface area contributed by atoms with E-state index in [-0.39, 0.29) is 30.7 Å². The second-order valence-corrected chi connectivity index (χ2v) is 11.4. The largest absolute Gasteiger partial charge is 0.497 e. The van der Waals surface area contributed by atoms with Gasteiger partial charge in [0.15, 0.2) is 0 Å². The molecule has 0 unspecified atom stereocenters. The van der Waals surface area contributed by atoms with Crippen molar-refractivity contribution in [3.8, 4) is 5.75 Å². The average molecular weight is 549 g/mol. The number of nitrogens with zero attached hydrogens (tertiary/aromatic N) is 1. The van der Waals surface area contributed by atoms with Crippen LogP contribution in [0.3, 0.4) is 0 Å². The summed E-state index contributed by atoms with van der Waals surface area (Å²) in [5, 5.41) is 3.14. The molecular formula is C36H40N2O3. The summed E-state index contributed by atoms with van der Waals surface area (Å²) in [5.74, 6) is 0.296. The molecule has 41 heavy (non-hydrogen) atoms. The number of carbonyl (C=O) groups excluding carboxylic acids is 2. The highest BCUT2D eigenvalue weighted by Crippen LogP contribution is 2.30. The molecule has 4 rings (SSSR count). The second-order valence-electron chi connectivity index (χ2n) is 11.4. The number of benzene rings is 4. The van der Waals surface area contributed by atoms with Gasteiger partial charge < -0.3 is 15.0 Å². The van der Waals surface area contributed by atoms with Crippen LogP contribution in [0.15, 0.2) is 115 Å². The van der Waals surface area contributed by atoms with Gasteiger partial charge in [-0.1, -0.05) is 103 Å². The fraction of sp³-hybridized carbons (Fsp3) is 0.278. The number of ether oxygens (including phenoxy) is 1. The lowest BCUT2D eigenvalue weighted by molar-refractivity contribution is -0.142. The smallest absolute Gasteiger partial charge is 0.243 e. The molecule has 4 aromatic rings. The number of carbonyl (C=O) groups is 2. The highest BCUT2D eigenvalue weighted by Gasteiger charge is 2.33. The standard InChI is InChI=1S/C36H40N2O3/c1-36(2,3)37-35(40)33(24-27-15-8-5-9-16-27)38(26-28-17-14-22-31(23-28)41-4)34(39)25-32(29-18-10-6-11-19-29)30-20-12-7-13-21-30/h5-23,32-33H,24-26H2,1-4H3,(H,37,40)/t33-/m1/s1. The second kappa shape index (κ2) is 13.8. The molecule has 5 heteroatoms. The van der Waals surface area contributed by atoms with Crippen molar-refractivity contribution in [2.24, 2.45) is 0 Å². The minimum Gasteiger partial charge on any atom is -0.497 e. The Hall–Kier alpha value is -4.38. The van der Waals surface area contributed by atoms with Crippen LogP contribution in [0.4, 0.5) is 0 Å². The molecule has 0 aromatic heterocycles. The SMILES string of the molecule is COc1cccc(CN(C(=O)CC(c2ccccc2)c2ccccc2)[C@H](Cc2ccccc2)C(=O)NC(C)(C)C)c1. The molecule has 212 valence electrons. The number of methoxy groups -OCH3 is 1. The predicted molar refractivity (Wildman–Crippen MR) is 165 cm³/mol. The lowest BCUT2D eigenvalue weighted by atomic mass is 9.87. The van der Waals surface area contributed by atoms with E-state index in [1.807, 2.05) is 112 Å². The Morgan fingerprint density at radius 3 is 1.83 bits per heavy atom. The number of rotatable bonds is 11. The van der Waals surface area contributed by atoms with E-state index in [2.05, 4.69) is 29.6 Å². The summed E-state index contributed by atoms with van der Waals surface area (Å²) in [6.07, 6.45) is 0.631. The highest BCUT2D eigenvalue weighted by molar-refractivity contribution is 5.89. The topological polar surface area (TPSA) is 58.6 Å². The summed E-state index contributed by atoms with van der Waals surface area (Å²) in [4.78, 5) is 30.1. The van der Waals surface area contributed by atoms with Gasteiger partial charge in [0.1, 0.15) is 11.8 Å². The first-order chi connectivity index (χ1) is 19.7. The Morgan fingerprint density at radius 1 is 0.756 bits per heavy atom. The van der Waals surface area contributed by atoms with Gasteiger partial charge in [-0.25, -0.2) is 0 Å². The fourth-order valence-corrected chi connectivity index (χ4v) is 5.07. The van der Waals surface area contributed by atoms with Gasteiger partial charge >= 0.3 is 0 Å². The molecule has 0 fully saturated rings. The Kier molecular flexibility index (Phi) is 9.96. The van der Waals surface area contributed by atoms with E-state index in [0.717, 1.165) is 22.3 Å². The minimum atomic E-state index is -0.706. The van der Waals surface area contributed by atoms with Gasteiger partial charge in [0.25, 0.3) is 0 Å². The van der Waals surface area contributed by atoms with E-state index in [4.69, 9.17) is 4.74 Å². The molecule has 2 amide bonds. The third-order valence-corrected chi connectivity index (χ3v) is 7.04. The third-order valence-electron chi connectivity index (χ3n) is 7.04. The summed E-state index contributed by atoms with van der Waals surface area (Å²) >= 11 is 0. The van der Waals surface area contributed by atoms with Gasteiger partial charge in [-0.3, -0.25) is 9.59 Å². The summed E-state index contributed by atoms with van der Waals surface area (Å²) < 4.78 is 5.46. The first-order valence-electron chi connectivity index (χ1n) is 14.1. The lowest BCUT2D eigenvalue weighted by Gasteiger charge is -2.35. The van der Waals surface area contributed by atoms with Crippen molar-refractivity contribution in [3.63, 3.8) is 0 Å². The van der Waals surface area contributed by atoms with E-state index < -0.39 is 11.6 Å². The Labute approximate surface area is 244 Å². The normalized spacial score (nSPS) is 12.0. The molecule has 0 bridgehead atoms. The number of nitrogens with one attached hydrogen (secondary N) is 1. The van der Waals surface area contributed by atoms with E-state index in [9.17, 15) is 9.59 Å². The summed E-state index contributed by atoms with van der Waals surface area (Å²) in [6, 6.07) is 37.1. The van der Waals surface area contributed by atoms with Crippen LogP contribution in [0.1, 0.15) is 55.4 Å². The van der Waals surface area contributed by atoms with Crippen molar-refractivity contribution >= 4 is 11.8 Å². The maximum Gasteiger partial charge on any atom is 0.243 e. The first kappa shape index (κ1) is 29.6. The number of amides is 2. The van der Waals surface area contributed by atoms with Gasteiger partial charge in [-0.15, -0.1) is 0 Å². The zero-order chi connectivity index (χ0) is 29.2. The van der Waals surface area contributed by atoms with Crippen molar-refractivity contribution in [2.75, 3.05) is 7.11 Å². The summed E-state index contributed by atoms with van der Waals surface area (Å²) in [7, 11) is 1.63. The quantitative estimate of drug-likeness (QED) is 0.225. The molecule has 0 saturated heterocycles. The van der Waals surface area contributed by atoms with Crippen LogP contribution < -0.4 is 10.1 Å². The fourth-order valence-electron chi connectivity index (χ4n) is 5.07. The van der Waals surface area contributed by atoms with Crippen molar-refractivity contribution in [3.05, 3.63) is 138 Å². The lowest BCUT2D eigenvalue weighted by Crippen LogP contribution is -2.54. The molecule has 0 saturated carbocycles. The first-order valence-corrected chi connectivity index (χ1v) is 14.1. The maximum atomic E-state index is 14.5. The van der Waals surface area contributed by atoms with Gasteiger partial charge in [0.05, 0.1) is 7.11 Å². The van der Waals surface area contributed by atoms with Crippen LogP contribution in [-0.2, 0) is 22.6 Å². The molecule has 0 radical (unpaired) electrons. The third kappa shape index (κ3) is 8.55. The Morgan fingerprint density at radius 2 is 1.29 bits per heavy atom. The van der Waals surface area contributed by atoms with Crippen LogP contribution in [0.25, 0.3) is 0 Å². The van der Waals surface area contributed by atoms with Crippen molar-refractivity contribution in [1.29, 1.82) is 0 Å². The van der Waals surface area contributed by atoms with Crippen molar-refractivity contribution in [1.82, 2.24) is 10.2 Å². The van der Waals surface area contributed by atoms with Gasteiger partial charge in [0, 0.05) is 30.8 Å². The molecule has 1 atom stereocenters. The zero-order valence-corrected chi connectivity index (χ0v) is 24.4. The van der Waals surface area contributed by atoms with Crippen molar-refractivity contribution < 1.29 is 14.3 Å². The van der Waals surface area contributed by atoms with Gasteiger partial charge in [-0.05, 0) is 55.2 Å². The van der Waals surface area contributed by atoms with Crippen molar-refractivity contribution in [2.45, 2.75) is 57.7 Å². The molecule has 0 aliphatic rings. The number of hydrogen-bond donors (Lipinski definition) is 1. The van der Waals surface area contributed by atoms with E-state index in [1.54, 1.807) is 12.0 Å². The van der Waals surface area contributed by atoms with Gasteiger partial charge in [-0.2, -0.15) is 0 Å². The minimum absolute atomic E-state index is 0.0875. The molecular weight excluding hydrogens is 508 g/mol. The molecule has 0 aliphatic heterocycles. The predicted octanol–water partition coefficient (Wildman–Crippen LogP) is 6.77. The van der Waals surface area contributed by atoms with E-state index in [1.165, 1.54) is 0 Å². The Bertz CT molecular complexity index is 1360. The monoisotopic (exact) mass is 548 g/mol.